The number of nitrogens with one attached hydrogen (secondary N) is 1. The molecule has 0 aliphatic heterocycles. The van der Waals surface area contributed by atoms with E-state index in [1.54, 1.807) is 0 Å². The summed E-state index contributed by atoms with van der Waals surface area (Å²) >= 11 is 0. The third-order valence-electron chi connectivity index (χ3n) is 3.77. The van der Waals surface area contributed by atoms with E-state index in [9.17, 15) is 4.79 Å². The first-order valence-corrected chi connectivity index (χ1v) is 7.40. The molecule has 21 heavy (non-hydrogen) atoms. The molecule has 0 radical (unpaired) electrons. The van der Waals surface area contributed by atoms with E-state index in [1.807, 2.05) is 25.1 Å². The van der Waals surface area contributed by atoms with Crippen molar-refractivity contribution in [3.8, 4) is 5.75 Å². The predicted molar refractivity (Wildman–Crippen MR) is 88.2 cm³/mol. The third-order valence-corrected chi connectivity index (χ3v) is 3.77. The summed E-state index contributed by atoms with van der Waals surface area (Å²) in [7, 11) is 0. The van der Waals surface area contributed by atoms with Crippen molar-refractivity contribution in [2.24, 2.45) is 11.7 Å². The number of benzene rings is 1. The molecule has 1 amide bonds. The number of carbonyl (C=O) groups excluding carboxylic acids is 1. The summed E-state index contributed by atoms with van der Waals surface area (Å²) in [6.07, 6.45) is 3.62. The van der Waals surface area contributed by atoms with Crippen molar-refractivity contribution in [3.05, 3.63) is 23.8 Å². The number of hydrogen-bond donors (Lipinski definition) is 2. The molecular formula is C16H25ClN2O2. The van der Waals surface area contributed by atoms with E-state index in [0.717, 1.165) is 42.7 Å². The number of ether oxygens (including phenoxy) is 1. The first-order valence-electron chi connectivity index (χ1n) is 7.40. The standard InChI is InChI=1S/C16H24N2O2.ClH/c1-3-8-20-14-6-7-15(11(2)9-14)18-16(19)12-4-5-13(17)10-12;/h6-7,9,12-13H,3-5,8,10,17H2,1-2H3,(H,18,19);1H. The topological polar surface area (TPSA) is 64.3 Å². The molecule has 1 saturated carbocycles. The second-order valence-electron chi connectivity index (χ2n) is 5.58. The molecule has 118 valence electrons. The summed E-state index contributed by atoms with van der Waals surface area (Å²) < 4.78 is 5.58. The van der Waals surface area contributed by atoms with E-state index in [2.05, 4.69) is 12.2 Å². The molecule has 0 heterocycles. The zero-order valence-electron chi connectivity index (χ0n) is 12.7. The highest BCUT2D eigenvalue weighted by atomic mass is 35.5. The van der Waals surface area contributed by atoms with Crippen LogP contribution in [0.1, 0.15) is 38.2 Å². The molecule has 2 rings (SSSR count). The average Bonchev–Trinajstić information content (AvgIpc) is 2.86. The van der Waals surface area contributed by atoms with Gasteiger partial charge < -0.3 is 15.8 Å². The Morgan fingerprint density at radius 2 is 2.19 bits per heavy atom. The van der Waals surface area contributed by atoms with Gasteiger partial charge in [0.25, 0.3) is 0 Å². The molecule has 2 atom stereocenters. The molecule has 0 bridgehead atoms. The third kappa shape index (κ3) is 4.90. The maximum Gasteiger partial charge on any atom is 0.227 e. The summed E-state index contributed by atoms with van der Waals surface area (Å²) in [6, 6.07) is 5.95. The molecule has 4 nitrogen and oxygen atoms in total. The smallest absolute Gasteiger partial charge is 0.227 e. The van der Waals surface area contributed by atoms with Gasteiger partial charge in [0, 0.05) is 17.6 Å². The minimum absolute atomic E-state index is 0. The van der Waals surface area contributed by atoms with Crippen molar-refractivity contribution >= 4 is 24.0 Å². The van der Waals surface area contributed by atoms with Crippen LogP contribution in [0.3, 0.4) is 0 Å². The van der Waals surface area contributed by atoms with Gasteiger partial charge in [0.05, 0.1) is 6.61 Å². The Balaban J connectivity index is 0.00000220. The molecule has 3 N–H and O–H groups in total. The summed E-state index contributed by atoms with van der Waals surface area (Å²) in [6.45, 7) is 4.77. The molecule has 2 unspecified atom stereocenters. The van der Waals surface area contributed by atoms with Crippen LogP contribution >= 0.6 is 12.4 Å². The van der Waals surface area contributed by atoms with Gasteiger partial charge in [0.1, 0.15) is 5.75 Å². The maximum atomic E-state index is 12.2. The van der Waals surface area contributed by atoms with Gasteiger partial charge >= 0.3 is 0 Å². The quantitative estimate of drug-likeness (QED) is 0.877. The van der Waals surface area contributed by atoms with Gasteiger partial charge in [-0.15, -0.1) is 12.4 Å². The zero-order valence-corrected chi connectivity index (χ0v) is 13.5. The van der Waals surface area contributed by atoms with E-state index in [4.69, 9.17) is 10.5 Å². The lowest BCUT2D eigenvalue weighted by atomic mass is 10.1. The first kappa shape index (κ1) is 17.8. The minimum atomic E-state index is 0. The van der Waals surface area contributed by atoms with Crippen LogP contribution in [0.15, 0.2) is 18.2 Å². The van der Waals surface area contributed by atoms with Crippen LogP contribution in [0, 0.1) is 12.8 Å². The number of carbonyl (C=O) groups is 1. The fourth-order valence-corrected chi connectivity index (χ4v) is 2.58. The average molecular weight is 313 g/mol. The molecule has 1 aliphatic carbocycles. The minimum Gasteiger partial charge on any atom is -0.494 e. The molecule has 1 aliphatic rings. The van der Waals surface area contributed by atoms with Gasteiger partial charge in [0.15, 0.2) is 0 Å². The van der Waals surface area contributed by atoms with Crippen molar-refractivity contribution in [1.82, 2.24) is 0 Å². The van der Waals surface area contributed by atoms with Gasteiger partial charge in [0.2, 0.25) is 5.91 Å². The second kappa shape index (κ2) is 8.25. The van der Waals surface area contributed by atoms with Crippen molar-refractivity contribution in [2.75, 3.05) is 11.9 Å². The number of anilines is 1. The number of amides is 1. The van der Waals surface area contributed by atoms with E-state index in [0.29, 0.717) is 6.61 Å². The Morgan fingerprint density at radius 3 is 2.76 bits per heavy atom. The van der Waals surface area contributed by atoms with Crippen LogP contribution in [0.25, 0.3) is 0 Å². The van der Waals surface area contributed by atoms with Crippen molar-refractivity contribution in [3.63, 3.8) is 0 Å². The number of nitrogens with two attached hydrogens (primary N) is 1. The van der Waals surface area contributed by atoms with E-state index in [1.165, 1.54) is 0 Å². The Labute approximate surface area is 132 Å². The van der Waals surface area contributed by atoms with Crippen LogP contribution in [0.5, 0.6) is 5.75 Å². The van der Waals surface area contributed by atoms with Crippen molar-refractivity contribution < 1.29 is 9.53 Å². The lowest BCUT2D eigenvalue weighted by Crippen LogP contribution is -2.23. The van der Waals surface area contributed by atoms with Crippen LogP contribution in [0.4, 0.5) is 5.69 Å². The highest BCUT2D eigenvalue weighted by molar-refractivity contribution is 5.93. The number of aryl methyl sites for hydroxylation is 1. The molecule has 1 fully saturated rings. The number of hydrogen-bond acceptors (Lipinski definition) is 3. The van der Waals surface area contributed by atoms with Gasteiger partial charge in [-0.25, -0.2) is 0 Å². The highest BCUT2D eigenvalue weighted by Crippen LogP contribution is 2.27. The van der Waals surface area contributed by atoms with Crippen molar-refractivity contribution in [1.29, 1.82) is 0 Å². The van der Waals surface area contributed by atoms with Gasteiger partial charge in [-0.2, -0.15) is 0 Å². The second-order valence-corrected chi connectivity index (χ2v) is 5.58. The molecule has 0 aromatic heterocycles. The van der Waals surface area contributed by atoms with Crippen LogP contribution in [0.2, 0.25) is 0 Å². The van der Waals surface area contributed by atoms with E-state index in [-0.39, 0.29) is 30.3 Å². The molecule has 5 heteroatoms. The Bertz CT molecular complexity index is 479. The lowest BCUT2D eigenvalue weighted by Gasteiger charge is -2.14. The predicted octanol–water partition coefficient (Wildman–Crippen LogP) is 3.27. The first-order chi connectivity index (χ1) is 9.60. The van der Waals surface area contributed by atoms with Crippen LogP contribution < -0.4 is 15.8 Å². The van der Waals surface area contributed by atoms with E-state index >= 15 is 0 Å². The SMILES string of the molecule is CCCOc1ccc(NC(=O)C2CCC(N)C2)c(C)c1.Cl. The summed E-state index contributed by atoms with van der Waals surface area (Å²) in [5.74, 6) is 0.994. The molecule has 1 aromatic rings. The van der Waals surface area contributed by atoms with Gasteiger partial charge in [-0.1, -0.05) is 6.92 Å². The molecule has 1 aromatic carbocycles. The Morgan fingerprint density at radius 1 is 1.43 bits per heavy atom. The normalized spacial score (nSPS) is 20.7. The molecule has 0 spiro atoms. The summed E-state index contributed by atoms with van der Waals surface area (Å²) in [5.41, 5.74) is 7.74. The van der Waals surface area contributed by atoms with Crippen molar-refractivity contribution in [2.45, 2.75) is 45.6 Å². The zero-order chi connectivity index (χ0) is 14.5. The number of rotatable bonds is 5. The Kier molecular flexibility index (Phi) is 6.99. The maximum absolute atomic E-state index is 12.2. The monoisotopic (exact) mass is 312 g/mol. The molecular weight excluding hydrogens is 288 g/mol. The fraction of sp³-hybridized carbons (Fsp3) is 0.562. The lowest BCUT2D eigenvalue weighted by molar-refractivity contribution is -0.119. The van der Waals surface area contributed by atoms with Crippen LogP contribution in [-0.4, -0.2) is 18.6 Å². The van der Waals surface area contributed by atoms with Crippen LogP contribution in [-0.2, 0) is 4.79 Å². The Hall–Kier alpha value is -1.26. The summed E-state index contributed by atoms with van der Waals surface area (Å²) in [4.78, 5) is 12.2. The largest absolute Gasteiger partial charge is 0.494 e. The molecule has 0 saturated heterocycles. The fourth-order valence-electron chi connectivity index (χ4n) is 2.58. The highest BCUT2D eigenvalue weighted by Gasteiger charge is 2.27. The van der Waals surface area contributed by atoms with Gasteiger partial charge in [-0.05, 0) is 56.4 Å². The van der Waals surface area contributed by atoms with Gasteiger partial charge in [-0.3, -0.25) is 4.79 Å². The summed E-state index contributed by atoms with van der Waals surface area (Å²) in [5, 5.41) is 3.01. The van der Waals surface area contributed by atoms with E-state index < -0.39 is 0 Å². The number of halogens is 1.